The average Bonchev–Trinajstić information content (AvgIpc) is 2.82. The van der Waals surface area contributed by atoms with Crippen LogP contribution in [0.2, 0.25) is 0 Å². The van der Waals surface area contributed by atoms with E-state index in [1.807, 2.05) is 30.3 Å². The summed E-state index contributed by atoms with van der Waals surface area (Å²) in [6.45, 7) is 0.785. The molecule has 3 unspecified atom stereocenters. The van der Waals surface area contributed by atoms with Gasteiger partial charge in [0, 0.05) is 18.3 Å². The number of amides is 2. The van der Waals surface area contributed by atoms with Crippen molar-refractivity contribution in [2.75, 3.05) is 18.5 Å². The van der Waals surface area contributed by atoms with Crippen LogP contribution in [-0.4, -0.2) is 48.6 Å². The number of hydrogen-bond acceptors (Lipinski definition) is 4. The lowest BCUT2D eigenvalue weighted by molar-refractivity contribution is 0.0421. The zero-order chi connectivity index (χ0) is 15.4. The number of anilines is 1. The van der Waals surface area contributed by atoms with Crippen LogP contribution >= 0.6 is 0 Å². The first kappa shape index (κ1) is 15.3. The Kier molecular flexibility index (Phi) is 4.92. The van der Waals surface area contributed by atoms with Gasteiger partial charge in [-0.3, -0.25) is 0 Å². The molecule has 0 radical (unpaired) electrons. The van der Waals surface area contributed by atoms with E-state index in [1.165, 1.54) is 19.3 Å². The molecule has 0 spiro atoms. The lowest BCUT2D eigenvalue weighted by Crippen LogP contribution is -2.50. The molecule has 1 heterocycles. The summed E-state index contributed by atoms with van der Waals surface area (Å²) in [5.41, 5.74) is 0.734. The topological polar surface area (TPSA) is 82.6 Å². The van der Waals surface area contributed by atoms with Crippen LogP contribution in [0.5, 0.6) is 0 Å². The Morgan fingerprint density at radius 2 is 2.05 bits per heavy atom. The number of urea groups is 1. The second-order valence-corrected chi connectivity index (χ2v) is 5.96. The van der Waals surface area contributed by atoms with E-state index in [1.54, 1.807) is 0 Å². The molecule has 2 fully saturated rings. The Morgan fingerprint density at radius 1 is 1.27 bits per heavy atom. The number of carbonyl (C=O) groups is 1. The fourth-order valence-corrected chi connectivity index (χ4v) is 2.78. The lowest BCUT2D eigenvalue weighted by atomic mass is 9.92. The highest BCUT2D eigenvalue weighted by molar-refractivity contribution is 5.89. The fourth-order valence-electron chi connectivity index (χ4n) is 2.78. The molecule has 1 aromatic carbocycles. The molecule has 3 rings (SSSR count). The van der Waals surface area contributed by atoms with Crippen LogP contribution in [0.4, 0.5) is 10.5 Å². The summed E-state index contributed by atoms with van der Waals surface area (Å²) in [6.07, 6.45) is 2.65. The number of nitrogens with one attached hydrogen (secondary N) is 3. The molecule has 22 heavy (non-hydrogen) atoms. The van der Waals surface area contributed by atoms with Gasteiger partial charge in [0.2, 0.25) is 0 Å². The van der Waals surface area contributed by atoms with Gasteiger partial charge in [0.05, 0.1) is 18.8 Å². The Morgan fingerprint density at radius 3 is 2.73 bits per heavy atom. The summed E-state index contributed by atoms with van der Waals surface area (Å²) in [6, 6.07) is 9.42. The molecule has 2 aliphatic rings. The van der Waals surface area contributed by atoms with Gasteiger partial charge in [-0.1, -0.05) is 24.6 Å². The number of aliphatic hydroxyl groups excluding tert-OH is 1. The second-order valence-electron chi connectivity index (χ2n) is 5.96. The number of para-hydroxylation sites is 1. The number of aliphatic hydroxyl groups is 1. The van der Waals surface area contributed by atoms with Crippen LogP contribution < -0.4 is 16.0 Å². The molecular formula is C16H23N3O3. The number of benzene rings is 1. The first-order chi connectivity index (χ1) is 10.7. The SMILES string of the molecule is O=C(NCC1OCC(NC2CCC2)C1O)Nc1ccccc1. The standard InChI is InChI=1S/C16H23N3O3/c20-15-13(18-11-7-4-8-11)10-22-14(15)9-17-16(21)19-12-5-2-1-3-6-12/h1-3,5-6,11,13-15,18,20H,4,7-10H2,(H2,17,19,21). The largest absolute Gasteiger partial charge is 0.389 e. The summed E-state index contributed by atoms with van der Waals surface area (Å²) in [4.78, 5) is 11.8. The fraction of sp³-hybridized carbons (Fsp3) is 0.562. The van der Waals surface area contributed by atoms with Crippen molar-refractivity contribution >= 4 is 11.7 Å². The maximum atomic E-state index is 11.8. The van der Waals surface area contributed by atoms with Crippen molar-refractivity contribution in [3.05, 3.63) is 30.3 Å². The van der Waals surface area contributed by atoms with E-state index >= 15 is 0 Å². The summed E-state index contributed by atoms with van der Waals surface area (Å²) in [5, 5.41) is 19.2. The van der Waals surface area contributed by atoms with Crippen molar-refractivity contribution < 1.29 is 14.6 Å². The molecule has 0 bridgehead atoms. The third kappa shape index (κ3) is 3.76. The van der Waals surface area contributed by atoms with Crippen LogP contribution in [0.25, 0.3) is 0 Å². The minimum atomic E-state index is -0.586. The van der Waals surface area contributed by atoms with Gasteiger partial charge in [0.15, 0.2) is 0 Å². The van der Waals surface area contributed by atoms with E-state index in [0.29, 0.717) is 19.2 Å². The average molecular weight is 305 g/mol. The highest BCUT2D eigenvalue weighted by Gasteiger charge is 2.37. The van der Waals surface area contributed by atoms with Gasteiger partial charge in [-0.15, -0.1) is 0 Å². The molecule has 120 valence electrons. The Hall–Kier alpha value is -1.63. The highest BCUT2D eigenvalue weighted by atomic mass is 16.5. The second kappa shape index (κ2) is 7.09. The molecule has 3 atom stereocenters. The molecule has 1 saturated heterocycles. The van der Waals surface area contributed by atoms with Gasteiger partial charge in [-0.2, -0.15) is 0 Å². The van der Waals surface area contributed by atoms with Crippen molar-refractivity contribution in [3.63, 3.8) is 0 Å². The number of rotatable bonds is 5. The third-order valence-corrected chi connectivity index (χ3v) is 4.33. The molecule has 6 heteroatoms. The number of carbonyl (C=O) groups excluding carboxylic acids is 1. The van der Waals surface area contributed by atoms with Crippen molar-refractivity contribution in [2.45, 2.75) is 43.6 Å². The molecule has 6 nitrogen and oxygen atoms in total. The van der Waals surface area contributed by atoms with Crippen LogP contribution in [-0.2, 0) is 4.74 Å². The van der Waals surface area contributed by atoms with Crippen LogP contribution in [0.15, 0.2) is 30.3 Å². The van der Waals surface area contributed by atoms with E-state index in [2.05, 4.69) is 16.0 Å². The molecule has 1 aliphatic carbocycles. The summed E-state index contributed by atoms with van der Waals surface area (Å²) >= 11 is 0. The molecule has 1 aromatic rings. The van der Waals surface area contributed by atoms with E-state index in [4.69, 9.17) is 4.74 Å². The van der Waals surface area contributed by atoms with Crippen LogP contribution in [0.3, 0.4) is 0 Å². The van der Waals surface area contributed by atoms with Crippen molar-refractivity contribution in [2.24, 2.45) is 0 Å². The number of hydrogen-bond donors (Lipinski definition) is 4. The quantitative estimate of drug-likeness (QED) is 0.656. The minimum Gasteiger partial charge on any atom is -0.389 e. The van der Waals surface area contributed by atoms with Gasteiger partial charge in [0.1, 0.15) is 6.10 Å². The van der Waals surface area contributed by atoms with Crippen molar-refractivity contribution in [1.82, 2.24) is 10.6 Å². The normalized spacial score (nSPS) is 28.1. The smallest absolute Gasteiger partial charge is 0.319 e. The molecule has 0 aromatic heterocycles. The van der Waals surface area contributed by atoms with Gasteiger partial charge < -0.3 is 25.8 Å². The van der Waals surface area contributed by atoms with Crippen LogP contribution in [0.1, 0.15) is 19.3 Å². The van der Waals surface area contributed by atoms with Crippen LogP contribution in [0, 0.1) is 0 Å². The Labute approximate surface area is 130 Å². The van der Waals surface area contributed by atoms with E-state index in [9.17, 15) is 9.90 Å². The monoisotopic (exact) mass is 305 g/mol. The maximum Gasteiger partial charge on any atom is 0.319 e. The zero-order valence-corrected chi connectivity index (χ0v) is 12.5. The van der Waals surface area contributed by atoms with E-state index in [0.717, 1.165) is 5.69 Å². The summed E-state index contributed by atoms with van der Waals surface area (Å²) in [7, 11) is 0. The Bertz CT molecular complexity index is 493. The predicted octanol–water partition coefficient (Wildman–Crippen LogP) is 1.08. The van der Waals surface area contributed by atoms with Gasteiger partial charge in [-0.05, 0) is 25.0 Å². The van der Waals surface area contributed by atoms with Gasteiger partial charge >= 0.3 is 6.03 Å². The summed E-state index contributed by atoms with van der Waals surface area (Å²) in [5.74, 6) is 0. The molecule has 1 saturated carbocycles. The van der Waals surface area contributed by atoms with Gasteiger partial charge in [0.25, 0.3) is 0 Å². The molecular weight excluding hydrogens is 282 g/mol. The molecule has 1 aliphatic heterocycles. The van der Waals surface area contributed by atoms with E-state index in [-0.39, 0.29) is 18.2 Å². The molecule has 4 N–H and O–H groups in total. The molecule has 2 amide bonds. The van der Waals surface area contributed by atoms with Crippen molar-refractivity contribution in [1.29, 1.82) is 0 Å². The minimum absolute atomic E-state index is 0.0331. The van der Waals surface area contributed by atoms with Crippen molar-refractivity contribution in [3.8, 4) is 0 Å². The van der Waals surface area contributed by atoms with E-state index < -0.39 is 6.10 Å². The number of ether oxygens (including phenoxy) is 1. The van der Waals surface area contributed by atoms with Gasteiger partial charge in [-0.25, -0.2) is 4.79 Å². The zero-order valence-electron chi connectivity index (χ0n) is 12.5. The predicted molar refractivity (Wildman–Crippen MR) is 83.8 cm³/mol. The lowest BCUT2D eigenvalue weighted by Gasteiger charge is -2.30. The highest BCUT2D eigenvalue weighted by Crippen LogP contribution is 2.22. The Balaban J connectivity index is 1.40. The first-order valence-electron chi connectivity index (χ1n) is 7.88. The third-order valence-electron chi connectivity index (χ3n) is 4.33. The first-order valence-corrected chi connectivity index (χ1v) is 7.88. The summed E-state index contributed by atoms with van der Waals surface area (Å²) < 4.78 is 5.59. The maximum absolute atomic E-state index is 11.8.